The molecule has 0 amide bonds. The number of aromatic nitrogens is 4. The van der Waals surface area contributed by atoms with Crippen molar-refractivity contribution in [2.75, 3.05) is 19.4 Å². The molecule has 0 atom stereocenters. The molecule has 1 saturated heterocycles. The van der Waals surface area contributed by atoms with Crippen LogP contribution < -0.4 is 10.6 Å². The van der Waals surface area contributed by atoms with Gasteiger partial charge in [0.05, 0.1) is 22.3 Å². The molecule has 0 saturated carbocycles. The summed E-state index contributed by atoms with van der Waals surface area (Å²) in [5.74, 6) is 0. The third-order valence-corrected chi connectivity index (χ3v) is 7.74. The maximum Gasteiger partial charge on any atom is 0.178 e. The molecular formula is C22H24N5OPS. The summed E-state index contributed by atoms with van der Waals surface area (Å²) in [4.78, 5) is 19.9. The van der Waals surface area contributed by atoms with Crippen molar-refractivity contribution in [3.63, 3.8) is 0 Å². The first-order valence-corrected chi connectivity index (χ1v) is 12.5. The predicted molar refractivity (Wildman–Crippen MR) is 124 cm³/mol. The Bertz CT molecular complexity index is 1150. The van der Waals surface area contributed by atoms with Gasteiger partial charge in [-0.15, -0.1) is 11.3 Å². The van der Waals surface area contributed by atoms with Crippen LogP contribution >= 0.6 is 19.3 Å². The molecule has 0 aliphatic carbocycles. The van der Waals surface area contributed by atoms with Gasteiger partial charge in [0.15, 0.2) is 11.3 Å². The van der Waals surface area contributed by atoms with Crippen LogP contribution in [0.15, 0.2) is 49.1 Å². The van der Waals surface area contributed by atoms with Crippen LogP contribution in [0.1, 0.15) is 28.0 Å². The second kappa shape index (κ2) is 9.56. The van der Waals surface area contributed by atoms with E-state index >= 15 is 0 Å². The van der Waals surface area contributed by atoms with Gasteiger partial charge in [-0.25, -0.2) is 9.50 Å². The highest BCUT2D eigenvalue weighted by molar-refractivity contribution is 7.72. The summed E-state index contributed by atoms with van der Waals surface area (Å²) >= 11 is 1.38. The van der Waals surface area contributed by atoms with E-state index in [1.54, 1.807) is 12.4 Å². The van der Waals surface area contributed by atoms with Crippen LogP contribution in [0.3, 0.4) is 0 Å². The summed E-state index contributed by atoms with van der Waals surface area (Å²) in [5, 5.41) is 9.51. The molecule has 0 bridgehead atoms. The lowest BCUT2D eigenvalue weighted by Gasteiger charge is -2.01. The summed E-state index contributed by atoms with van der Waals surface area (Å²) in [7, 11) is 2.21. The maximum atomic E-state index is 10.7. The molecule has 6 nitrogen and oxygen atoms in total. The summed E-state index contributed by atoms with van der Waals surface area (Å²) in [6.45, 7) is 3.01. The van der Waals surface area contributed by atoms with Crippen LogP contribution in [0.25, 0.3) is 16.0 Å². The molecular weight excluding hydrogens is 413 g/mol. The van der Waals surface area contributed by atoms with Gasteiger partial charge in [-0.3, -0.25) is 9.78 Å². The second-order valence-corrected chi connectivity index (χ2v) is 10.5. The fourth-order valence-electron chi connectivity index (χ4n) is 3.20. The highest BCUT2D eigenvalue weighted by Crippen LogP contribution is 2.48. The van der Waals surface area contributed by atoms with Crippen LogP contribution in [-0.4, -0.2) is 45.2 Å². The fourth-order valence-corrected chi connectivity index (χ4v) is 5.44. The minimum absolute atomic E-state index is 0.260. The average Bonchev–Trinajstić information content (AvgIpc) is 3.38. The number of hydrogen-bond donors (Lipinski definition) is 1. The first-order chi connectivity index (χ1) is 14.7. The van der Waals surface area contributed by atoms with Gasteiger partial charge < -0.3 is 5.32 Å². The fraction of sp³-hybridized carbons (Fsp3) is 0.273. The van der Waals surface area contributed by atoms with Crippen LogP contribution in [0, 0.1) is 0 Å². The van der Waals surface area contributed by atoms with Gasteiger partial charge in [0, 0.05) is 30.7 Å². The largest absolute Gasteiger partial charge is 0.314 e. The summed E-state index contributed by atoms with van der Waals surface area (Å²) in [5.41, 5.74) is 4.55. The standard InChI is InChI=1S/C13H11N3OS.C9H13N2P/c1-2-9-3-4-16-11(9)5-10(6-15-16)12-7-14-13(8-17)18-12;1-10-7-8-6-9(2-3-11-8)12-4-5-12/h3-8H,2H2,1H3;2-3,6,10H,4-5,7H2,1H3. The van der Waals surface area contributed by atoms with Crippen LogP contribution in [-0.2, 0) is 13.0 Å². The summed E-state index contributed by atoms with van der Waals surface area (Å²) in [6, 6.07) is 8.58. The number of hydrogen-bond acceptors (Lipinski definition) is 6. The van der Waals surface area contributed by atoms with Gasteiger partial charge >= 0.3 is 0 Å². The third kappa shape index (κ3) is 4.81. The van der Waals surface area contributed by atoms with Crippen molar-refractivity contribution in [1.82, 2.24) is 24.9 Å². The van der Waals surface area contributed by atoms with E-state index in [0.717, 1.165) is 35.2 Å². The molecule has 30 heavy (non-hydrogen) atoms. The summed E-state index contributed by atoms with van der Waals surface area (Å²) in [6.07, 6.45) is 12.0. The van der Waals surface area contributed by atoms with E-state index in [0.29, 0.717) is 5.01 Å². The molecule has 0 radical (unpaired) electrons. The second-order valence-electron chi connectivity index (χ2n) is 6.97. The molecule has 8 heteroatoms. The number of fused-ring (bicyclic) bond motifs is 1. The Kier molecular flexibility index (Phi) is 6.62. The van der Waals surface area contributed by atoms with Crippen LogP contribution in [0.5, 0.6) is 0 Å². The van der Waals surface area contributed by atoms with Gasteiger partial charge in [0.1, 0.15) is 0 Å². The molecule has 4 aromatic rings. The summed E-state index contributed by atoms with van der Waals surface area (Å²) < 4.78 is 1.87. The Morgan fingerprint density at radius 1 is 1.23 bits per heavy atom. The molecule has 1 aliphatic heterocycles. The van der Waals surface area contributed by atoms with E-state index in [1.165, 1.54) is 40.2 Å². The van der Waals surface area contributed by atoms with Gasteiger partial charge in [0.25, 0.3) is 0 Å². The first-order valence-electron chi connectivity index (χ1n) is 9.94. The van der Waals surface area contributed by atoms with Gasteiger partial charge in [-0.1, -0.05) is 14.8 Å². The van der Waals surface area contributed by atoms with Crippen LogP contribution in [0.4, 0.5) is 0 Å². The maximum absolute atomic E-state index is 10.7. The minimum Gasteiger partial charge on any atom is -0.314 e. The molecule has 0 unspecified atom stereocenters. The Hall–Kier alpha value is -2.47. The normalized spacial score (nSPS) is 13.1. The van der Waals surface area contributed by atoms with E-state index < -0.39 is 0 Å². The van der Waals surface area contributed by atoms with Crippen molar-refractivity contribution < 1.29 is 4.79 Å². The SMILES string of the molecule is CCc1ccn2ncc(-c3cnc(C=O)s3)cc12.CNCc1cc(P2CC2)ccn1. The van der Waals surface area contributed by atoms with Crippen molar-refractivity contribution in [3.05, 3.63) is 65.3 Å². The number of nitrogens with zero attached hydrogens (tertiary/aromatic N) is 4. The average molecular weight is 438 g/mol. The zero-order valence-electron chi connectivity index (χ0n) is 17.1. The highest BCUT2D eigenvalue weighted by atomic mass is 32.1. The Labute approximate surface area is 181 Å². The molecule has 0 spiro atoms. The number of aryl methyl sites for hydroxylation is 1. The Balaban J connectivity index is 0.000000158. The first kappa shape index (κ1) is 20.8. The smallest absolute Gasteiger partial charge is 0.178 e. The van der Waals surface area contributed by atoms with Crippen molar-refractivity contribution in [1.29, 1.82) is 0 Å². The van der Waals surface area contributed by atoms with Crippen molar-refractivity contribution in [2.45, 2.75) is 19.9 Å². The number of rotatable bonds is 6. The van der Waals surface area contributed by atoms with Crippen molar-refractivity contribution in [3.8, 4) is 10.4 Å². The molecule has 154 valence electrons. The van der Waals surface area contributed by atoms with E-state index in [9.17, 15) is 4.79 Å². The molecule has 1 fully saturated rings. The molecule has 5 rings (SSSR count). The molecule has 4 aromatic heterocycles. The van der Waals surface area contributed by atoms with E-state index in [-0.39, 0.29) is 7.92 Å². The predicted octanol–water partition coefficient (Wildman–Crippen LogP) is 3.75. The van der Waals surface area contributed by atoms with E-state index in [2.05, 4.69) is 51.6 Å². The van der Waals surface area contributed by atoms with E-state index in [4.69, 9.17) is 0 Å². The minimum atomic E-state index is 0.260. The lowest BCUT2D eigenvalue weighted by molar-refractivity contribution is 0.112. The Morgan fingerprint density at radius 2 is 2.10 bits per heavy atom. The lowest BCUT2D eigenvalue weighted by Crippen LogP contribution is -2.09. The van der Waals surface area contributed by atoms with Gasteiger partial charge in [-0.05, 0) is 60.9 Å². The van der Waals surface area contributed by atoms with Crippen LogP contribution in [0.2, 0.25) is 0 Å². The zero-order chi connectivity index (χ0) is 20.9. The van der Waals surface area contributed by atoms with E-state index in [1.807, 2.05) is 24.0 Å². The molecule has 5 heterocycles. The quantitative estimate of drug-likeness (QED) is 0.367. The molecule has 1 N–H and O–H groups in total. The van der Waals surface area contributed by atoms with Crippen molar-refractivity contribution in [2.24, 2.45) is 0 Å². The Morgan fingerprint density at radius 3 is 2.80 bits per heavy atom. The number of thiazole rings is 1. The monoisotopic (exact) mass is 437 g/mol. The third-order valence-electron chi connectivity index (χ3n) is 4.87. The lowest BCUT2D eigenvalue weighted by atomic mass is 10.2. The van der Waals surface area contributed by atoms with Crippen molar-refractivity contribution >= 4 is 36.4 Å². The number of carbonyl (C=O) groups is 1. The number of nitrogens with one attached hydrogen (secondary N) is 1. The number of pyridine rings is 1. The molecule has 1 aliphatic rings. The number of carbonyl (C=O) groups excluding carboxylic acids is 1. The molecule has 0 aromatic carbocycles. The topological polar surface area (TPSA) is 72.2 Å². The highest BCUT2D eigenvalue weighted by Gasteiger charge is 2.22. The van der Waals surface area contributed by atoms with Gasteiger partial charge in [-0.2, -0.15) is 5.10 Å². The number of aldehydes is 1. The van der Waals surface area contributed by atoms with Gasteiger partial charge in [0.2, 0.25) is 0 Å². The zero-order valence-corrected chi connectivity index (χ0v) is 18.8.